The molecule has 0 saturated carbocycles. The number of thiophene rings is 1. The van der Waals surface area contributed by atoms with Crippen LogP contribution in [0.5, 0.6) is 0 Å². The lowest BCUT2D eigenvalue weighted by molar-refractivity contribution is 0.0387. The molecule has 0 unspecified atom stereocenters. The average Bonchev–Trinajstić information content (AvgIpc) is 3.27. The van der Waals surface area contributed by atoms with E-state index in [1.807, 2.05) is 19.1 Å². The third-order valence-electron chi connectivity index (χ3n) is 5.12. The van der Waals surface area contributed by atoms with Crippen LogP contribution in [0.15, 0.2) is 22.8 Å². The van der Waals surface area contributed by atoms with E-state index in [4.69, 9.17) is 18.9 Å². The maximum Gasteiger partial charge on any atom is 0.340 e. The summed E-state index contributed by atoms with van der Waals surface area (Å²) in [5.41, 5.74) is 3.30. The monoisotopic (exact) mass is 385 g/mol. The molecule has 0 aliphatic heterocycles. The number of hydrogen-bond donors (Lipinski definition) is 0. The van der Waals surface area contributed by atoms with E-state index in [1.54, 1.807) is 24.7 Å². The van der Waals surface area contributed by atoms with Crippen LogP contribution in [-0.4, -0.2) is 31.3 Å². The van der Waals surface area contributed by atoms with E-state index in [1.165, 1.54) is 10.4 Å². The minimum Gasteiger partial charge on any atom is -0.464 e. The highest BCUT2D eigenvalue weighted by Gasteiger charge is 2.29. The van der Waals surface area contributed by atoms with Gasteiger partial charge in [-0.05, 0) is 49.8 Å². The van der Waals surface area contributed by atoms with E-state index < -0.39 is 0 Å². The molecule has 27 heavy (non-hydrogen) atoms. The van der Waals surface area contributed by atoms with Crippen LogP contribution in [0.25, 0.3) is 21.5 Å². The quantitative estimate of drug-likeness (QED) is 0.467. The first-order chi connectivity index (χ1) is 13.1. The fourth-order valence-corrected chi connectivity index (χ4v) is 5.23. The first-order valence-corrected chi connectivity index (χ1v) is 10.1. The predicted molar refractivity (Wildman–Crippen MR) is 105 cm³/mol. The van der Waals surface area contributed by atoms with Crippen molar-refractivity contribution in [3.05, 3.63) is 40.1 Å². The van der Waals surface area contributed by atoms with Crippen LogP contribution >= 0.6 is 11.3 Å². The number of rotatable bonds is 5. The van der Waals surface area contributed by atoms with Crippen molar-refractivity contribution < 1.29 is 18.7 Å². The number of methoxy groups -OCH3 is 1. The van der Waals surface area contributed by atoms with Crippen molar-refractivity contribution in [2.24, 2.45) is 5.92 Å². The highest BCUT2D eigenvalue weighted by molar-refractivity contribution is 7.19. The van der Waals surface area contributed by atoms with Gasteiger partial charge in [-0.2, -0.15) is 0 Å². The molecule has 1 atom stereocenters. The zero-order valence-corrected chi connectivity index (χ0v) is 16.6. The zero-order chi connectivity index (χ0) is 19.0. The smallest absolute Gasteiger partial charge is 0.340 e. The van der Waals surface area contributed by atoms with E-state index in [2.05, 4.69) is 6.92 Å². The van der Waals surface area contributed by atoms with Gasteiger partial charge in [0.2, 0.25) is 0 Å². The Bertz CT molecular complexity index is 974. The number of pyridine rings is 1. The molecule has 0 spiro atoms. The summed E-state index contributed by atoms with van der Waals surface area (Å²) < 4.78 is 16.2. The molecule has 3 aromatic rings. The minimum absolute atomic E-state index is 0.212. The summed E-state index contributed by atoms with van der Waals surface area (Å²) in [5.74, 6) is 0.982. The Morgan fingerprint density at radius 1 is 1.41 bits per heavy atom. The molecular formula is C21H23NO4S. The third kappa shape index (κ3) is 3.28. The Hall–Kier alpha value is -2.18. The van der Waals surface area contributed by atoms with Crippen molar-refractivity contribution in [1.82, 2.24) is 4.98 Å². The lowest BCUT2D eigenvalue weighted by Crippen LogP contribution is -2.14. The normalized spacial score (nSPS) is 16.5. The van der Waals surface area contributed by atoms with Gasteiger partial charge in [0.1, 0.15) is 17.2 Å². The lowest BCUT2D eigenvalue weighted by Gasteiger charge is -2.19. The first-order valence-electron chi connectivity index (χ1n) is 9.25. The fourth-order valence-electron chi connectivity index (χ4n) is 3.79. The molecule has 0 bridgehead atoms. The largest absolute Gasteiger partial charge is 0.464 e. The summed E-state index contributed by atoms with van der Waals surface area (Å²) in [6.07, 6.45) is 4.86. The maximum atomic E-state index is 12.9. The number of ether oxygens (including phenoxy) is 2. The van der Waals surface area contributed by atoms with E-state index in [-0.39, 0.29) is 12.6 Å². The Morgan fingerprint density at radius 2 is 2.26 bits per heavy atom. The van der Waals surface area contributed by atoms with Gasteiger partial charge in [-0.3, -0.25) is 0 Å². The number of aryl methyl sites for hydroxylation is 2. The van der Waals surface area contributed by atoms with Gasteiger partial charge in [0, 0.05) is 22.9 Å². The Kier molecular flexibility index (Phi) is 5.02. The Balaban J connectivity index is 1.93. The number of fused-ring (bicyclic) bond motifs is 3. The van der Waals surface area contributed by atoms with Gasteiger partial charge < -0.3 is 13.9 Å². The van der Waals surface area contributed by atoms with Gasteiger partial charge in [0.05, 0.1) is 24.1 Å². The second-order valence-electron chi connectivity index (χ2n) is 7.09. The summed E-state index contributed by atoms with van der Waals surface area (Å²) in [7, 11) is 1.58. The molecule has 0 fully saturated rings. The number of carbonyl (C=O) groups is 1. The van der Waals surface area contributed by atoms with Crippen LogP contribution in [-0.2, 0) is 22.3 Å². The number of nitrogens with zero attached hydrogens (tertiary/aromatic N) is 1. The van der Waals surface area contributed by atoms with Crippen LogP contribution in [0, 0.1) is 12.8 Å². The van der Waals surface area contributed by atoms with Crippen LogP contribution in [0.1, 0.15) is 39.8 Å². The van der Waals surface area contributed by atoms with Crippen molar-refractivity contribution >= 4 is 27.5 Å². The van der Waals surface area contributed by atoms with Crippen molar-refractivity contribution in [2.45, 2.75) is 33.1 Å². The lowest BCUT2D eigenvalue weighted by atomic mass is 9.87. The molecule has 6 heteroatoms. The molecular weight excluding hydrogens is 362 g/mol. The van der Waals surface area contributed by atoms with Gasteiger partial charge in [-0.15, -0.1) is 11.3 Å². The second-order valence-corrected chi connectivity index (χ2v) is 8.17. The number of furan rings is 1. The molecule has 0 amide bonds. The summed E-state index contributed by atoms with van der Waals surface area (Å²) in [6.45, 7) is 4.73. The zero-order valence-electron chi connectivity index (χ0n) is 15.8. The summed E-state index contributed by atoms with van der Waals surface area (Å²) in [5, 5.41) is 1.06. The SMILES string of the molecule is COCCOC(=O)c1c(C)nc2sc3c(c2c1-c1ccco1)CC[C@@H](C)C3. The first kappa shape index (κ1) is 18.2. The summed E-state index contributed by atoms with van der Waals surface area (Å²) in [6, 6.07) is 3.74. The van der Waals surface area contributed by atoms with Gasteiger partial charge in [0.25, 0.3) is 0 Å². The summed E-state index contributed by atoms with van der Waals surface area (Å²) in [4.78, 5) is 20.0. The summed E-state index contributed by atoms with van der Waals surface area (Å²) >= 11 is 1.75. The van der Waals surface area contributed by atoms with Crippen LogP contribution in [0.3, 0.4) is 0 Å². The molecule has 3 aromatic heterocycles. The molecule has 1 aliphatic carbocycles. The van der Waals surface area contributed by atoms with Crippen molar-refractivity contribution in [2.75, 3.05) is 20.3 Å². The van der Waals surface area contributed by atoms with Gasteiger partial charge in [-0.1, -0.05) is 6.92 Å². The van der Waals surface area contributed by atoms with Crippen LogP contribution in [0.4, 0.5) is 0 Å². The number of esters is 1. The second kappa shape index (κ2) is 7.44. The molecule has 0 saturated heterocycles. The van der Waals surface area contributed by atoms with E-state index >= 15 is 0 Å². The number of carbonyl (C=O) groups excluding carboxylic acids is 1. The van der Waals surface area contributed by atoms with Crippen molar-refractivity contribution in [3.63, 3.8) is 0 Å². The van der Waals surface area contributed by atoms with E-state index in [9.17, 15) is 4.79 Å². The highest BCUT2D eigenvalue weighted by atomic mass is 32.1. The maximum absolute atomic E-state index is 12.9. The molecule has 1 aliphatic rings. The topological polar surface area (TPSA) is 61.6 Å². The molecule has 5 nitrogen and oxygen atoms in total. The van der Waals surface area contributed by atoms with Gasteiger partial charge >= 0.3 is 5.97 Å². The molecule has 3 heterocycles. The molecule has 0 radical (unpaired) electrons. The molecule has 0 N–H and O–H groups in total. The Morgan fingerprint density at radius 3 is 3.00 bits per heavy atom. The standard InChI is InChI=1S/C21H23NO4S/c1-12-6-7-14-16(11-12)27-20-18(14)19(15-5-4-8-25-15)17(13(2)22-20)21(23)26-10-9-24-3/h4-5,8,12H,6-7,9-11H2,1-3H3/t12-/m1/s1. The molecule has 4 rings (SSSR count). The van der Waals surface area contributed by atoms with Crippen molar-refractivity contribution in [1.29, 1.82) is 0 Å². The van der Waals surface area contributed by atoms with E-state index in [0.717, 1.165) is 35.0 Å². The van der Waals surface area contributed by atoms with Crippen LogP contribution in [0.2, 0.25) is 0 Å². The highest BCUT2D eigenvalue weighted by Crippen LogP contribution is 2.44. The van der Waals surface area contributed by atoms with Crippen LogP contribution < -0.4 is 0 Å². The molecule has 0 aromatic carbocycles. The fraction of sp³-hybridized carbons (Fsp3) is 0.429. The number of hydrogen-bond acceptors (Lipinski definition) is 6. The van der Waals surface area contributed by atoms with Crippen molar-refractivity contribution in [3.8, 4) is 11.3 Å². The third-order valence-corrected chi connectivity index (χ3v) is 6.26. The molecule has 142 valence electrons. The Labute approximate surface area is 162 Å². The predicted octanol–water partition coefficient (Wildman–Crippen LogP) is 4.79. The average molecular weight is 385 g/mol. The minimum atomic E-state index is -0.380. The van der Waals surface area contributed by atoms with Gasteiger partial charge in [0.15, 0.2) is 0 Å². The number of aromatic nitrogens is 1. The van der Waals surface area contributed by atoms with Gasteiger partial charge in [-0.25, -0.2) is 9.78 Å². The van der Waals surface area contributed by atoms with E-state index in [0.29, 0.717) is 29.5 Å².